The van der Waals surface area contributed by atoms with Crippen molar-refractivity contribution in [2.45, 2.75) is 25.3 Å². The molecule has 134 valence electrons. The number of likely N-dealkylation sites (N-methyl/N-ethyl adjacent to an activating group) is 1. The lowest BCUT2D eigenvalue weighted by Gasteiger charge is -2.31. The Bertz CT molecular complexity index is 860. The van der Waals surface area contributed by atoms with Crippen molar-refractivity contribution >= 4 is 17.1 Å². The van der Waals surface area contributed by atoms with Gasteiger partial charge in [-0.2, -0.15) is 5.26 Å². The molecule has 4 rings (SSSR count). The van der Waals surface area contributed by atoms with E-state index in [0.29, 0.717) is 30.0 Å². The largest absolute Gasteiger partial charge is 0.476 e. The maximum absolute atomic E-state index is 9.73. The van der Waals surface area contributed by atoms with Gasteiger partial charge in [-0.05, 0) is 49.7 Å². The van der Waals surface area contributed by atoms with Gasteiger partial charge in [-0.15, -0.1) is 0 Å². The molecule has 2 aliphatic heterocycles. The van der Waals surface area contributed by atoms with Gasteiger partial charge in [-0.1, -0.05) is 0 Å². The van der Waals surface area contributed by atoms with Crippen LogP contribution in [0.1, 0.15) is 30.4 Å². The van der Waals surface area contributed by atoms with Crippen molar-refractivity contribution in [2.75, 3.05) is 37.0 Å². The van der Waals surface area contributed by atoms with Crippen LogP contribution in [0.2, 0.25) is 0 Å². The summed E-state index contributed by atoms with van der Waals surface area (Å²) in [6.45, 7) is 4.47. The average molecular weight is 349 g/mol. The molecular formula is C20H23N5O. The van der Waals surface area contributed by atoms with Crippen molar-refractivity contribution in [2.24, 2.45) is 0 Å². The summed E-state index contributed by atoms with van der Waals surface area (Å²) in [6.07, 6.45) is 2.81. The third-order valence-electron chi connectivity index (χ3n) is 5.29. The van der Waals surface area contributed by atoms with E-state index < -0.39 is 0 Å². The van der Waals surface area contributed by atoms with E-state index >= 15 is 0 Å². The number of benzene rings is 1. The molecule has 0 bridgehead atoms. The fraction of sp³-hybridized carbons (Fsp3) is 0.400. The van der Waals surface area contributed by atoms with E-state index in [0.717, 1.165) is 36.6 Å². The molecule has 0 spiro atoms. The highest BCUT2D eigenvalue weighted by Crippen LogP contribution is 2.46. The molecule has 26 heavy (non-hydrogen) atoms. The Morgan fingerprint density at radius 3 is 3.15 bits per heavy atom. The quantitative estimate of drug-likeness (QED) is 0.884. The highest BCUT2D eigenvalue weighted by Gasteiger charge is 2.39. The average Bonchev–Trinajstić information content (AvgIpc) is 2.96. The van der Waals surface area contributed by atoms with Crippen LogP contribution in [0, 0.1) is 11.3 Å². The highest BCUT2D eigenvalue weighted by molar-refractivity contribution is 5.77. The van der Waals surface area contributed by atoms with Crippen molar-refractivity contribution in [3.8, 4) is 11.9 Å². The number of nitriles is 1. The van der Waals surface area contributed by atoms with Crippen LogP contribution in [-0.4, -0.2) is 37.8 Å². The second kappa shape index (κ2) is 6.85. The number of fused-ring (bicyclic) bond motifs is 3. The number of anilines is 3. The molecule has 0 saturated carbocycles. The standard InChI is InChI=1S/C20H23N5O/c1-3-26-20-17(5-4-7-23-20)24-14-9-13(11-21)19-15(10-14)16-12-22-8-6-18(16)25(19)2/h4-5,7,9-10,16,18,22,24H,3,6,8,12H2,1-2H3/t16-,18-/m0/s1. The number of nitrogens with zero attached hydrogens (tertiary/aromatic N) is 3. The molecule has 1 aromatic heterocycles. The minimum Gasteiger partial charge on any atom is -0.476 e. The lowest BCUT2D eigenvalue weighted by atomic mass is 9.89. The summed E-state index contributed by atoms with van der Waals surface area (Å²) in [6, 6.07) is 10.8. The molecule has 0 unspecified atom stereocenters. The topological polar surface area (TPSA) is 73.2 Å². The molecule has 1 aromatic carbocycles. The van der Waals surface area contributed by atoms with Gasteiger partial charge in [0.05, 0.1) is 17.9 Å². The molecule has 2 aromatic rings. The first-order chi connectivity index (χ1) is 12.7. The van der Waals surface area contributed by atoms with Crippen LogP contribution < -0.4 is 20.3 Å². The highest BCUT2D eigenvalue weighted by atomic mass is 16.5. The van der Waals surface area contributed by atoms with Gasteiger partial charge >= 0.3 is 0 Å². The van der Waals surface area contributed by atoms with Gasteiger partial charge in [-0.3, -0.25) is 0 Å². The Balaban J connectivity index is 1.73. The summed E-state index contributed by atoms with van der Waals surface area (Å²) >= 11 is 0. The van der Waals surface area contributed by atoms with E-state index in [9.17, 15) is 5.26 Å². The fourth-order valence-corrected chi connectivity index (χ4v) is 4.18. The van der Waals surface area contributed by atoms with Gasteiger partial charge in [0.25, 0.3) is 0 Å². The molecule has 2 aliphatic rings. The predicted molar refractivity (Wildman–Crippen MR) is 102 cm³/mol. The van der Waals surface area contributed by atoms with Crippen LogP contribution in [0.5, 0.6) is 5.88 Å². The number of nitrogens with one attached hydrogen (secondary N) is 2. The Morgan fingerprint density at radius 2 is 2.35 bits per heavy atom. The first kappa shape index (κ1) is 16.7. The van der Waals surface area contributed by atoms with Crippen LogP contribution in [0.3, 0.4) is 0 Å². The summed E-state index contributed by atoms with van der Waals surface area (Å²) in [5, 5.41) is 16.6. The summed E-state index contributed by atoms with van der Waals surface area (Å²) in [5.41, 5.74) is 4.74. The van der Waals surface area contributed by atoms with Crippen molar-refractivity contribution < 1.29 is 4.74 Å². The Kier molecular flexibility index (Phi) is 4.39. The SMILES string of the molecule is CCOc1ncccc1Nc1cc(C#N)c2c(c1)[C@@H]1CNCC[C@@H]1N2C. The summed E-state index contributed by atoms with van der Waals surface area (Å²) in [7, 11) is 2.11. The molecule has 0 radical (unpaired) electrons. The van der Waals surface area contributed by atoms with E-state index in [4.69, 9.17) is 4.74 Å². The summed E-state index contributed by atoms with van der Waals surface area (Å²) in [5.74, 6) is 0.987. The smallest absolute Gasteiger partial charge is 0.237 e. The fourth-order valence-electron chi connectivity index (χ4n) is 4.18. The molecule has 6 heteroatoms. The van der Waals surface area contributed by atoms with E-state index in [-0.39, 0.29) is 0 Å². The van der Waals surface area contributed by atoms with Crippen molar-refractivity contribution in [3.63, 3.8) is 0 Å². The van der Waals surface area contributed by atoms with Crippen LogP contribution in [0.15, 0.2) is 30.5 Å². The molecule has 0 amide bonds. The predicted octanol–water partition coefficient (Wildman–Crippen LogP) is 2.99. The molecule has 2 atom stereocenters. The van der Waals surface area contributed by atoms with Gasteiger partial charge in [0.15, 0.2) is 0 Å². The molecular weight excluding hydrogens is 326 g/mol. The first-order valence-corrected chi connectivity index (χ1v) is 9.09. The lowest BCUT2D eigenvalue weighted by Crippen LogP contribution is -2.42. The zero-order valence-corrected chi connectivity index (χ0v) is 15.1. The molecule has 1 fully saturated rings. The van der Waals surface area contributed by atoms with Crippen LogP contribution in [-0.2, 0) is 0 Å². The van der Waals surface area contributed by atoms with Gasteiger partial charge in [0.1, 0.15) is 11.8 Å². The second-order valence-corrected chi connectivity index (χ2v) is 6.77. The van der Waals surface area contributed by atoms with E-state index in [2.05, 4.69) is 39.7 Å². The third kappa shape index (κ3) is 2.74. The number of pyridine rings is 1. The molecule has 1 saturated heterocycles. The van der Waals surface area contributed by atoms with Gasteiger partial charge < -0.3 is 20.3 Å². The van der Waals surface area contributed by atoms with Crippen LogP contribution >= 0.6 is 0 Å². The number of ether oxygens (including phenoxy) is 1. The van der Waals surface area contributed by atoms with Crippen molar-refractivity contribution in [1.29, 1.82) is 5.26 Å². The number of piperidine rings is 1. The third-order valence-corrected chi connectivity index (χ3v) is 5.29. The van der Waals surface area contributed by atoms with Crippen LogP contribution in [0.4, 0.5) is 17.1 Å². The zero-order valence-electron chi connectivity index (χ0n) is 15.1. The Morgan fingerprint density at radius 1 is 1.46 bits per heavy atom. The van der Waals surface area contributed by atoms with E-state index in [1.54, 1.807) is 6.20 Å². The molecule has 3 heterocycles. The van der Waals surface area contributed by atoms with Gasteiger partial charge in [0.2, 0.25) is 5.88 Å². The number of hydrogen-bond acceptors (Lipinski definition) is 6. The summed E-state index contributed by atoms with van der Waals surface area (Å²) in [4.78, 5) is 6.58. The van der Waals surface area contributed by atoms with E-state index in [1.165, 1.54) is 5.56 Å². The number of aromatic nitrogens is 1. The van der Waals surface area contributed by atoms with Crippen LogP contribution in [0.25, 0.3) is 0 Å². The minimum atomic E-state index is 0.415. The monoisotopic (exact) mass is 349 g/mol. The zero-order chi connectivity index (χ0) is 18.1. The maximum Gasteiger partial charge on any atom is 0.237 e. The number of hydrogen-bond donors (Lipinski definition) is 2. The number of rotatable bonds is 4. The lowest BCUT2D eigenvalue weighted by molar-refractivity contribution is 0.329. The van der Waals surface area contributed by atoms with Gasteiger partial charge in [-0.25, -0.2) is 4.98 Å². The van der Waals surface area contributed by atoms with Crippen molar-refractivity contribution in [3.05, 3.63) is 41.6 Å². The molecule has 6 nitrogen and oxygen atoms in total. The summed E-state index contributed by atoms with van der Waals surface area (Å²) < 4.78 is 5.60. The Labute approximate surface area is 153 Å². The van der Waals surface area contributed by atoms with Crippen molar-refractivity contribution in [1.82, 2.24) is 10.3 Å². The second-order valence-electron chi connectivity index (χ2n) is 6.77. The van der Waals surface area contributed by atoms with Gasteiger partial charge in [0, 0.05) is 37.4 Å². The Hall–Kier alpha value is -2.78. The minimum absolute atomic E-state index is 0.415. The molecule has 0 aliphatic carbocycles. The first-order valence-electron chi connectivity index (χ1n) is 9.09. The maximum atomic E-state index is 9.73. The molecule has 2 N–H and O–H groups in total. The normalized spacial score (nSPS) is 20.9. The van der Waals surface area contributed by atoms with E-state index in [1.807, 2.05) is 25.1 Å².